The minimum Gasteiger partial charge on any atom is -0.494 e. The van der Waals surface area contributed by atoms with Crippen LogP contribution in [0.1, 0.15) is 49.8 Å². The molecule has 1 aliphatic heterocycles. The van der Waals surface area contributed by atoms with Gasteiger partial charge in [-0.05, 0) is 37.3 Å². The molecule has 0 aliphatic carbocycles. The Kier molecular flexibility index (Phi) is 5.43. The third-order valence-corrected chi connectivity index (χ3v) is 5.05. The molecule has 8 heteroatoms. The zero-order chi connectivity index (χ0) is 19.6. The lowest BCUT2D eigenvalue weighted by Crippen LogP contribution is -2.40. The summed E-state index contributed by atoms with van der Waals surface area (Å²) in [6.07, 6.45) is 7.09. The van der Waals surface area contributed by atoms with Crippen LogP contribution in [0.5, 0.6) is 5.88 Å². The quantitative estimate of drug-likeness (QED) is 0.823. The van der Waals surface area contributed by atoms with E-state index in [1.165, 1.54) is 14.1 Å². The maximum absolute atomic E-state index is 12.6. The highest BCUT2D eigenvalue weighted by atomic mass is 16.3. The maximum atomic E-state index is 12.6. The number of aromatic nitrogens is 3. The van der Waals surface area contributed by atoms with Crippen molar-refractivity contribution in [2.75, 3.05) is 6.54 Å². The van der Waals surface area contributed by atoms with Gasteiger partial charge in [0.25, 0.3) is 5.56 Å². The Bertz CT molecular complexity index is 962. The summed E-state index contributed by atoms with van der Waals surface area (Å²) in [6.45, 7) is 2.64. The van der Waals surface area contributed by atoms with Crippen molar-refractivity contribution in [1.29, 1.82) is 0 Å². The van der Waals surface area contributed by atoms with E-state index in [0.29, 0.717) is 12.1 Å². The fraction of sp³-hybridized carbons (Fsp3) is 0.474. The monoisotopic (exact) mass is 371 g/mol. The molecule has 1 fully saturated rings. The van der Waals surface area contributed by atoms with Crippen molar-refractivity contribution in [3.05, 3.63) is 56.5 Å². The Morgan fingerprint density at radius 2 is 2.07 bits per heavy atom. The normalized spacial score (nSPS) is 18.0. The Hall–Kier alpha value is -2.90. The Morgan fingerprint density at radius 1 is 1.30 bits per heavy atom. The van der Waals surface area contributed by atoms with Crippen LogP contribution in [0, 0.1) is 0 Å². The Morgan fingerprint density at radius 3 is 2.74 bits per heavy atom. The summed E-state index contributed by atoms with van der Waals surface area (Å²) < 4.78 is 2.06. The molecule has 0 bridgehead atoms. The zero-order valence-corrected chi connectivity index (χ0v) is 15.9. The third-order valence-electron chi connectivity index (χ3n) is 5.05. The van der Waals surface area contributed by atoms with E-state index in [9.17, 15) is 14.7 Å². The number of rotatable bonds is 4. The molecule has 1 N–H and O–H groups in total. The van der Waals surface area contributed by atoms with Crippen molar-refractivity contribution in [3.8, 4) is 5.88 Å². The summed E-state index contributed by atoms with van der Waals surface area (Å²) in [5.74, 6) is -0.348. The number of hydrogen-bond donors (Lipinski definition) is 1. The third kappa shape index (κ3) is 3.51. The Balaban J connectivity index is 2.09. The van der Waals surface area contributed by atoms with Crippen LogP contribution in [0.4, 0.5) is 0 Å². The van der Waals surface area contributed by atoms with Crippen molar-refractivity contribution in [2.24, 2.45) is 19.2 Å². The molecule has 0 radical (unpaired) electrons. The molecule has 0 aromatic carbocycles. The summed E-state index contributed by atoms with van der Waals surface area (Å²) in [7, 11) is 2.84. The van der Waals surface area contributed by atoms with Gasteiger partial charge in [-0.3, -0.25) is 23.9 Å². The first kappa shape index (κ1) is 18.9. The van der Waals surface area contributed by atoms with Gasteiger partial charge < -0.3 is 5.11 Å². The minimum atomic E-state index is -0.567. The highest BCUT2D eigenvalue weighted by molar-refractivity contribution is 6.01. The SMILES string of the molecule is CC/C(=N\N1CCCC[C@H]1c1cccnc1)c1c(O)n(C)c(=O)n(C)c1=O. The zero-order valence-electron chi connectivity index (χ0n) is 15.9. The van der Waals surface area contributed by atoms with Crippen molar-refractivity contribution >= 4 is 5.71 Å². The van der Waals surface area contributed by atoms with Crippen LogP contribution in [0.15, 0.2) is 39.2 Å². The summed E-state index contributed by atoms with van der Waals surface area (Å²) in [4.78, 5) is 28.9. The largest absolute Gasteiger partial charge is 0.494 e. The smallest absolute Gasteiger partial charge is 0.333 e. The molecule has 27 heavy (non-hydrogen) atoms. The van der Waals surface area contributed by atoms with Crippen LogP contribution in [-0.2, 0) is 14.1 Å². The van der Waals surface area contributed by atoms with Gasteiger partial charge in [-0.15, -0.1) is 0 Å². The summed E-state index contributed by atoms with van der Waals surface area (Å²) in [5.41, 5.74) is 0.528. The second kappa shape index (κ2) is 7.77. The van der Waals surface area contributed by atoms with Gasteiger partial charge >= 0.3 is 5.69 Å². The van der Waals surface area contributed by atoms with E-state index in [2.05, 4.69) is 4.98 Å². The van der Waals surface area contributed by atoms with E-state index in [0.717, 1.165) is 40.5 Å². The van der Waals surface area contributed by atoms with Gasteiger partial charge in [0, 0.05) is 33.0 Å². The van der Waals surface area contributed by atoms with Gasteiger partial charge in [0.05, 0.1) is 11.8 Å². The molecule has 0 unspecified atom stereocenters. The maximum Gasteiger partial charge on any atom is 0.333 e. The van der Waals surface area contributed by atoms with Gasteiger partial charge in [0.2, 0.25) is 5.88 Å². The number of hydrazone groups is 1. The standard InChI is InChI=1S/C19H25N5O3/c1-4-14(16-17(25)22(2)19(27)23(3)18(16)26)21-24-11-6-5-9-15(24)13-8-7-10-20-12-13/h7-8,10,12,15,25H,4-6,9,11H2,1-3H3/b21-14+/t15-/m0/s1. The van der Waals surface area contributed by atoms with Gasteiger partial charge in [-0.25, -0.2) is 4.79 Å². The molecule has 0 spiro atoms. The van der Waals surface area contributed by atoms with Gasteiger partial charge in [0.1, 0.15) is 5.56 Å². The van der Waals surface area contributed by atoms with Crippen LogP contribution in [0.3, 0.4) is 0 Å². The minimum absolute atomic E-state index is 0.0764. The van der Waals surface area contributed by atoms with Crippen molar-refractivity contribution in [3.63, 3.8) is 0 Å². The molecule has 3 rings (SSSR count). The molecule has 1 atom stereocenters. The van der Waals surface area contributed by atoms with Crippen molar-refractivity contribution in [1.82, 2.24) is 19.1 Å². The number of hydrogen-bond acceptors (Lipinski definition) is 6. The molecule has 8 nitrogen and oxygen atoms in total. The highest BCUT2D eigenvalue weighted by Crippen LogP contribution is 2.31. The lowest BCUT2D eigenvalue weighted by molar-refractivity contribution is 0.154. The summed E-state index contributed by atoms with van der Waals surface area (Å²) >= 11 is 0. The Labute approximate surface area is 157 Å². The molecule has 2 aromatic heterocycles. The lowest BCUT2D eigenvalue weighted by Gasteiger charge is -2.34. The van der Waals surface area contributed by atoms with Crippen molar-refractivity contribution in [2.45, 2.75) is 38.6 Å². The molecule has 1 saturated heterocycles. The van der Waals surface area contributed by atoms with E-state index in [1.807, 2.05) is 30.3 Å². The summed E-state index contributed by atoms with van der Waals surface area (Å²) in [6, 6.07) is 4.01. The molecule has 0 amide bonds. The van der Waals surface area contributed by atoms with Gasteiger partial charge in [-0.2, -0.15) is 5.10 Å². The van der Waals surface area contributed by atoms with Crippen LogP contribution >= 0.6 is 0 Å². The van der Waals surface area contributed by atoms with Crippen LogP contribution in [-0.4, -0.2) is 36.5 Å². The number of nitrogens with zero attached hydrogens (tertiary/aromatic N) is 5. The average molecular weight is 371 g/mol. The molecule has 2 aromatic rings. The average Bonchev–Trinajstić information content (AvgIpc) is 2.71. The van der Waals surface area contributed by atoms with E-state index < -0.39 is 11.2 Å². The molecule has 144 valence electrons. The molecular formula is C19H25N5O3. The van der Waals surface area contributed by atoms with Crippen LogP contribution < -0.4 is 11.2 Å². The predicted molar refractivity (Wildman–Crippen MR) is 103 cm³/mol. The predicted octanol–water partition coefficient (Wildman–Crippen LogP) is 1.53. The van der Waals surface area contributed by atoms with E-state index in [-0.39, 0.29) is 17.5 Å². The van der Waals surface area contributed by atoms with E-state index in [4.69, 9.17) is 5.10 Å². The molecule has 3 heterocycles. The first-order valence-corrected chi connectivity index (χ1v) is 9.19. The lowest BCUT2D eigenvalue weighted by atomic mass is 9.98. The van der Waals surface area contributed by atoms with Gasteiger partial charge in [-0.1, -0.05) is 13.0 Å². The van der Waals surface area contributed by atoms with Crippen LogP contribution in [0.2, 0.25) is 0 Å². The topological polar surface area (TPSA) is 92.7 Å². The second-order valence-corrected chi connectivity index (χ2v) is 6.77. The van der Waals surface area contributed by atoms with Crippen molar-refractivity contribution < 1.29 is 5.11 Å². The van der Waals surface area contributed by atoms with Crippen LogP contribution in [0.25, 0.3) is 0 Å². The first-order valence-electron chi connectivity index (χ1n) is 9.19. The fourth-order valence-corrected chi connectivity index (χ4v) is 3.49. The van der Waals surface area contributed by atoms with Gasteiger partial charge in [0.15, 0.2) is 0 Å². The second-order valence-electron chi connectivity index (χ2n) is 6.77. The highest BCUT2D eigenvalue weighted by Gasteiger charge is 2.25. The first-order chi connectivity index (χ1) is 13.0. The fourth-order valence-electron chi connectivity index (χ4n) is 3.49. The number of aromatic hydroxyl groups is 1. The van der Waals surface area contributed by atoms with E-state index in [1.54, 1.807) is 6.20 Å². The number of pyridine rings is 1. The number of piperidine rings is 1. The van der Waals surface area contributed by atoms with E-state index >= 15 is 0 Å². The summed E-state index contributed by atoms with van der Waals surface area (Å²) in [5, 5.41) is 17.2. The molecular weight excluding hydrogens is 346 g/mol. The molecule has 0 saturated carbocycles. The molecule has 1 aliphatic rings.